The summed E-state index contributed by atoms with van der Waals surface area (Å²) >= 11 is 1.62. The lowest BCUT2D eigenvalue weighted by molar-refractivity contribution is -0.113. The van der Waals surface area contributed by atoms with Crippen LogP contribution < -0.4 is 5.32 Å². The highest BCUT2D eigenvalue weighted by Gasteiger charge is 2.29. The molecule has 1 amide bonds. The molecule has 1 atom stereocenters. The Morgan fingerprint density at radius 1 is 1.50 bits per heavy atom. The number of aryl methyl sites for hydroxylation is 3. The molecular weight excluding hydrogens is 274 g/mol. The summed E-state index contributed by atoms with van der Waals surface area (Å²) in [6, 6.07) is 0. The molecule has 106 valence electrons. The van der Waals surface area contributed by atoms with Crippen LogP contribution in [0, 0.1) is 6.92 Å². The van der Waals surface area contributed by atoms with Gasteiger partial charge in [0.1, 0.15) is 5.82 Å². The topological polar surface area (TPSA) is 64.7 Å². The normalized spacial score (nSPS) is 18.6. The zero-order chi connectivity index (χ0) is 14.3. The van der Waals surface area contributed by atoms with Crippen molar-refractivity contribution in [1.82, 2.24) is 19.6 Å². The first kappa shape index (κ1) is 13.2. The van der Waals surface area contributed by atoms with E-state index >= 15 is 0 Å². The number of nitrogens with zero attached hydrogens (tertiary/aromatic N) is 4. The van der Waals surface area contributed by atoms with E-state index < -0.39 is 0 Å². The first-order chi connectivity index (χ1) is 9.60. The SMILES string of the molecule is CCn1cc([C@@H]2SCC(=O)Nc3c2cnn3C)c(C)n1. The molecule has 0 saturated heterocycles. The Hall–Kier alpha value is -1.76. The van der Waals surface area contributed by atoms with Gasteiger partial charge >= 0.3 is 0 Å². The van der Waals surface area contributed by atoms with Crippen LogP contribution in [0.4, 0.5) is 5.82 Å². The number of rotatable bonds is 2. The molecule has 0 aliphatic carbocycles. The number of thioether (sulfide) groups is 1. The van der Waals surface area contributed by atoms with Crippen LogP contribution in [-0.4, -0.2) is 31.2 Å². The van der Waals surface area contributed by atoms with Gasteiger partial charge in [-0.3, -0.25) is 14.2 Å². The summed E-state index contributed by atoms with van der Waals surface area (Å²) in [5.41, 5.74) is 3.21. The minimum absolute atomic E-state index is 0.0166. The van der Waals surface area contributed by atoms with Gasteiger partial charge in [-0.2, -0.15) is 10.2 Å². The van der Waals surface area contributed by atoms with Gasteiger partial charge in [-0.1, -0.05) is 0 Å². The van der Waals surface area contributed by atoms with Crippen LogP contribution in [0.15, 0.2) is 12.4 Å². The second kappa shape index (κ2) is 4.97. The second-order valence-electron chi connectivity index (χ2n) is 4.84. The summed E-state index contributed by atoms with van der Waals surface area (Å²) in [6.45, 7) is 4.92. The number of amides is 1. The van der Waals surface area contributed by atoms with Crippen molar-refractivity contribution in [2.45, 2.75) is 25.6 Å². The van der Waals surface area contributed by atoms with Crippen LogP contribution in [0.25, 0.3) is 0 Å². The smallest absolute Gasteiger partial charge is 0.235 e. The number of anilines is 1. The van der Waals surface area contributed by atoms with Crippen molar-refractivity contribution in [2.24, 2.45) is 7.05 Å². The highest BCUT2D eigenvalue weighted by Crippen LogP contribution is 2.42. The molecule has 2 aromatic rings. The van der Waals surface area contributed by atoms with E-state index in [2.05, 4.69) is 28.6 Å². The molecule has 6 nitrogen and oxygen atoms in total. The van der Waals surface area contributed by atoms with E-state index in [0.29, 0.717) is 5.75 Å². The highest BCUT2D eigenvalue weighted by atomic mass is 32.2. The van der Waals surface area contributed by atoms with Gasteiger partial charge in [0.05, 0.1) is 22.9 Å². The Bertz CT molecular complexity index is 660. The second-order valence-corrected chi connectivity index (χ2v) is 5.93. The molecule has 0 aromatic carbocycles. The average Bonchev–Trinajstić information content (AvgIpc) is 2.91. The summed E-state index contributed by atoms with van der Waals surface area (Å²) in [5.74, 6) is 1.24. The summed E-state index contributed by atoms with van der Waals surface area (Å²) in [5, 5.41) is 11.8. The lowest BCUT2D eigenvalue weighted by Gasteiger charge is -2.12. The highest BCUT2D eigenvalue weighted by molar-refractivity contribution is 8.00. The average molecular weight is 291 g/mol. The zero-order valence-electron chi connectivity index (χ0n) is 11.8. The third-order valence-electron chi connectivity index (χ3n) is 3.48. The maximum absolute atomic E-state index is 11.8. The summed E-state index contributed by atoms with van der Waals surface area (Å²) in [7, 11) is 1.84. The van der Waals surface area contributed by atoms with Crippen molar-refractivity contribution in [1.29, 1.82) is 0 Å². The molecule has 3 heterocycles. The van der Waals surface area contributed by atoms with Crippen molar-refractivity contribution in [3.8, 4) is 0 Å². The van der Waals surface area contributed by atoms with Crippen molar-refractivity contribution >= 4 is 23.5 Å². The van der Waals surface area contributed by atoms with Crippen molar-refractivity contribution in [3.63, 3.8) is 0 Å². The number of hydrogen-bond acceptors (Lipinski definition) is 4. The molecule has 0 unspecified atom stereocenters. The monoisotopic (exact) mass is 291 g/mol. The molecule has 1 N–H and O–H groups in total. The Morgan fingerprint density at radius 3 is 3.00 bits per heavy atom. The van der Waals surface area contributed by atoms with Crippen molar-refractivity contribution in [3.05, 3.63) is 29.2 Å². The van der Waals surface area contributed by atoms with Crippen molar-refractivity contribution in [2.75, 3.05) is 11.1 Å². The Morgan fingerprint density at radius 2 is 2.30 bits per heavy atom. The fourth-order valence-electron chi connectivity index (χ4n) is 2.43. The largest absolute Gasteiger partial charge is 0.310 e. The number of carbonyl (C=O) groups excluding carboxylic acids is 1. The molecular formula is C13H17N5OS. The zero-order valence-corrected chi connectivity index (χ0v) is 12.6. The number of nitrogens with one attached hydrogen (secondary N) is 1. The maximum atomic E-state index is 11.8. The van der Waals surface area contributed by atoms with E-state index in [1.807, 2.05) is 24.9 Å². The summed E-state index contributed by atoms with van der Waals surface area (Å²) < 4.78 is 3.65. The van der Waals surface area contributed by atoms with E-state index in [9.17, 15) is 4.79 Å². The van der Waals surface area contributed by atoms with Gasteiger partial charge < -0.3 is 5.32 Å². The molecule has 0 bridgehead atoms. The van der Waals surface area contributed by atoms with Crippen LogP contribution in [0.3, 0.4) is 0 Å². The van der Waals surface area contributed by atoms with Gasteiger partial charge in [0.2, 0.25) is 5.91 Å². The number of carbonyl (C=O) groups is 1. The van der Waals surface area contributed by atoms with Crippen LogP contribution >= 0.6 is 11.8 Å². The van der Waals surface area contributed by atoms with Crippen LogP contribution in [-0.2, 0) is 18.4 Å². The molecule has 0 saturated carbocycles. The quantitative estimate of drug-likeness (QED) is 0.915. The predicted molar refractivity (Wildman–Crippen MR) is 78.8 cm³/mol. The van der Waals surface area contributed by atoms with Gasteiger partial charge in [0.25, 0.3) is 0 Å². The van der Waals surface area contributed by atoms with E-state index in [0.717, 1.165) is 29.2 Å². The molecule has 0 spiro atoms. The number of fused-ring (bicyclic) bond motifs is 1. The lowest BCUT2D eigenvalue weighted by Crippen LogP contribution is -2.15. The third kappa shape index (κ3) is 2.11. The molecule has 7 heteroatoms. The van der Waals surface area contributed by atoms with Gasteiger partial charge in [0.15, 0.2) is 0 Å². The Labute approximate surface area is 121 Å². The lowest BCUT2D eigenvalue weighted by atomic mass is 10.1. The van der Waals surface area contributed by atoms with Gasteiger partial charge in [-0.05, 0) is 13.8 Å². The van der Waals surface area contributed by atoms with Crippen LogP contribution in [0.2, 0.25) is 0 Å². The standard InChI is InChI=1S/C13H17N5OS/c1-4-18-6-10(8(2)16-18)12-9-5-14-17(3)13(9)15-11(19)7-20-12/h5-6,12H,4,7H2,1-3H3,(H,15,19)/t12-/m1/s1. The molecule has 0 fully saturated rings. The fraction of sp³-hybridized carbons (Fsp3) is 0.462. The van der Waals surface area contributed by atoms with Gasteiger partial charge in [0, 0.05) is 30.9 Å². The summed E-state index contributed by atoms with van der Waals surface area (Å²) in [6.07, 6.45) is 3.90. The first-order valence-corrected chi connectivity index (χ1v) is 7.62. The Balaban J connectivity index is 2.08. The van der Waals surface area contributed by atoms with Crippen LogP contribution in [0.5, 0.6) is 0 Å². The molecule has 1 aliphatic rings. The van der Waals surface area contributed by atoms with E-state index in [-0.39, 0.29) is 11.2 Å². The van der Waals surface area contributed by atoms with E-state index in [1.54, 1.807) is 16.4 Å². The number of hydrogen-bond donors (Lipinski definition) is 1. The molecule has 1 aliphatic heterocycles. The minimum Gasteiger partial charge on any atom is -0.310 e. The van der Waals surface area contributed by atoms with E-state index in [4.69, 9.17) is 0 Å². The maximum Gasteiger partial charge on any atom is 0.235 e. The Kier molecular flexibility index (Phi) is 3.29. The predicted octanol–water partition coefficient (Wildman–Crippen LogP) is 1.72. The first-order valence-electron chi connectivity index (χ1n) is 6.57. The summed E-state index contributed by atoms with van der Waals surface area (Å²) in [4.78, 5) is 11.8. The third-order valence-corrected chi connectivity index (χ3v) is 4.75. The minimum atomic E-state index is 0.0166. The molecule has 0 radical (unpaired) electrons. The van der Waals surface area contributed by atoms with Gasteiger partial charge in [-0.15, -0.1) is 11.8 Å². The molecule has 3 rings (SSSR count). The van der Waals surface area contributed by atoms with Crippen molar-refractivity contribution < 1.29 is 4.79 Å². The molecule has 20 heavy (non-hydrogen) atoms. The fourth-order valence-corrected chi connectivity index (χ4v) is 3.58. The van der Waals surface area contributed by atoms with Gasteiger partial charge in [-0.25, -0.2) is 0 Å². The van der Waals surface area contributed by atoms with E-state index in [1.165, 1.54) is 0 Å². The molecule has 2 aromatic heterocycles. The van der Waals surface area contributed by atoms with Crippen LogP contribution in [0.1, 0.15) is 29.0 Å². The number of aromatic nitrogens is 4.